The smallest absolute Gasteiger partial charge is 0.219 e. The van der Waals surface area contributed by atoms with Gasteiger partial charge in [-0.25, -0.2) is 4.98 Å². The first-order chi connectivity index (χ1) is 5.83. The molecule has 0 bridgehead atoms. The first-order valence-corrected chi connectivity index (χ1v) is 3.96. The van der Waals surface area contributed by atoms with Gasteiger partial charge in [0, 0.05) is 19.4 Å². The lowest BCUT2D eigenvalue weighted by Gasteiger charge is -1.99. The van der Waals surface area contributed by atoms with Crippen LogP contribution in [0.2, 0.25) is 0 Å². The van der Waals surface area contributed by atoms with Crippen molar-refractivity contribution in [3.63, 3.8) is 0 Å². The van der Waals surface area contributed by atoms with Crippen LogP contribution in [0.15, 0.2) is 17.1 Å². The Balaban J connectivity index is 2.15. The quantitative estimate of drug-likeness (QED) is 0.721. The molecule has 0 spiro atoms. The third-order valence-corrected chi connectivity index (χ3v) is 1.51. The fourth-order valence-corrected chi connectivity index (χ4v) is 0.816. The molecule has 0 aromatic carbocycles. The van der Waals surface area contributed by atoms with Crippen molar-refractivity contribution in [3.8, 4) is 0 Å². The Bertz CT molecular complexity index is 231. The van der Waals surface area contributed by atoms with E-state index in [-0.39, 0.29) is 5.91 Å². The van der Waals surface area contributed by atoms with Gasteiger partial charge in [-0.2, -0.15) is 0 Å². The average molecular weight is 168 g/mol. The van der Waals surface area contributed by atoms with Crippen LogP contribution in [0.25, 0.3) is 0 Å². The van der Waals surface area contributed by atoms with E-state index in [9.17, 15) is 4.79 Å². The zero-order valence-corrected chi connectivity index (χ0v) is 7.04. The zero-order valence-electron chi connectivity index (χ0n) is 7.04. The van der Waals surface area contributed by atoms with Crippen molar-refractivity contribution < 1.29 is 9.21 Å². The van der Waals surface area contributed by atoms with Crippen molar-refractivity contribution in [3.05, 3.63) is 18.4 Å². The minimum Gasteiger partial charge on any atom is -0.451 e. The summed E-state index contributed by atoms with van der Waals surface area (Å²) in [5.74, 6) is 0.0681. The number of oxazole rings is 1. The molecule has 4 heteroatoms. The SMILES string of the molecule is CCC(=O)NCCc1cocn1. The van der Waals surface area contributed by atoms with E-state index >= 15 is 0 Å². The second kappa shape index (κ2) is 4.54. The molecule has 1 aromatic rings. The Morgan fingerprint density at radius 2 is 2.58 bits per heavy atom. The van der Waals surface area contributed by atoms with Gasteiger partial charge in [0.2, 0.25) is 5.91 Å². The lowest BCUT2D eigenvalue weighted by molar-refractivity contribution is -0.120. The molecular weight excluding hydrogens is 156 g/mol. The van der Waals surface area contributed by atoms with Crippen LogP contribution in [0.1, 0.15) is 19.0 Å². The third-order valence-electron chi connectivity index (χ3n) is 1.51. The van der Waals surface area contributed by atoms with E-state index in [2.05, 4.69) is 10.3 Å². The highest BCUT2D eigenvalue weighted by Gasteiger charge is 1.98. The second-order valence-electron chi connectivity index (χ2n) is 2.43. The molecule has 1 heterocycles. The van der Waals surface area contributed by atoms with Gasteiger partial charge >= 0.3 is 0 Å². The number of hydrogen-bond donors (Lipinski definition) is 1. The van der Waals surface area contributed by atoms with Gasteiger partial charge < -0.3 is 9.73 Å². The molecule has 1 aromatic heterocycles. The molecule has 4 nitrogen and oxygen atoms in total. The van der Waals surface area contributed by atoms with E-state index in [1.54, 1.807) is 6.26 Å². The molecule has 0 saturated heterocycles. The van der Waals surface area contributed by atoms with Crippen LogP contribution in [0.5, 0.6) is 0 Å². The maximum atomic E-state index is 10.8. The first-order valence-electron chi connectivity index (χ1n) is 3.96. The number of hydrogen-bond acceptors (Lipinski definition) is 3. The number of carbonyl (C=O) groups is 1. The van der Waals surface area contributed by atoms with Gasteiger partial charge in [-0.05, 0) is 0 Å². The van der Waals surface area contributed by atoms with Crippen molar-refractivity contribution in [2.24, 2.45) is 0 Å². The predicted molar refractivity (Wildman–Crippen MR) is 43.5 cm³/mol. The highest BCUT2D eigenvalue weighted by atomic mass is 16.3. The van der Waals surface area contributed by atoms with Crippen molar-refractivity contribution in [1.82, 2.24) is 10.3 Å². The molecule has 0 aliphatic carbocycles. The van der Waals surface area contributed by atoms with Crippen LogP contribution in [0, 0.1) is 0 Å². The summed E-state index contributed by atoms with van der Waals surface area (Å²) in [6.45, 7) is 2.45. The molecule has 0 atom stereocenters. The lowest BCUT2D eigenvalue weighted by Crippen LogP contribution is -2.24. The molecule has 0 saturated carbocycles. The topological polar surface area (TPSA) is 55.1 Å². The van der Waals surface area contributed by atoms with Gasteiger partial charge in [0.15, 0.2) is 6.39 Å². The molecule has 1 rings (SSSR count). The molecule has 0 radical (unpaired) electrons. The lowest BCUT2D eigenvalue weighted by atomic mass is 10.3. The van der Waals surface area contributed by atoms with E-state index in [1.807, 2.05) is 6.92 Å². The summed E-state index contributed by atoms with van der Waals surface area (Å²) in [6, 6.07) is 0. The molecule has 0 aliphatic heterocycles. The summed E-state index contributed by atoms with van der Waals surface area (Å²) in [6.07, 6.45) is 4.22. The Morgan fingerprint density at radius 3 is 3.17 bits per heavy atom. The van der Waals surface area contributed by atoms with Crippen LogP contribution in [0.4, 0.5) is 0 Å². The van der Waals surface area contributed by atoms with E-state index in [1.165, 1.54) is 6.39 Å². The van der Waals surface area contributed by atoms with Gasteiger partial charge in [-0.15, -0.1) is 0 Å². The predicted octanol–water partition coefficient (Wildman–Crippen LogP) is 0.743. The number of nitrogens with one attached hydrogen (secondary N) is 1. The molecule has 0 fully saturated rings. The van der Waals surface area contributed by atoms with Crippen LogP contribution >= 0.6 is 0 Å². The molecule has 12 heavy (non-hydrogen) atoms. The van der Waals surface area contributed by atoms with E-state index in [0.29, 0.717) is 13.0 Å². The van der Waals surface area contributed by atoms with Gasteiger partial charge in [-0.3, -0.25) is 4.79 Å². The summed E-state index contributed by atoms with van der Waals surface area (Å²) >= 11 is 0. The number of rotatable bonds is 4. The summed E-state index contributed by atoms with van der Waals surface area (Å²) in [7, 11) is 0. The average Bonchev–Trinajstić information content (AvgIpc) is 2.57. The van der Waals surface area contributed by atoms with Crippen LogP contribution in [-0.2, 0) is 11.2 Å². The van der Waals surface area contributed by atoms with Crippen molar-refractivity contribution in [1.29, 1.82) is 0 Å². The molecular formula is C8H12N2O2. The Hall–Kier alpha value is -1.32. The molecule has 1 amide bonds. The normalized spacial score (nSPS) is 9.75. The zero-order chi connectivity index (χ0) is 8.81. The van der Waals surface area contributed by atoms with Gasteiger partial charge in [0.1, 0.15) is 6.26 Å². The summed E-state index contributed by atoms with van der Waals surface area (Å²) in [5, 5.41) is 2.75. The maximum absolute atomic E-state index is 10.8. The molecule has 0 aliphatic rings. The maximum Gasteiger partial charge on any atom is 0.219 e. The van der Waals surface area contributed by atoms with Crippen molar-refractivity contribution in [2.75, 3.05) is 6.54 Å². The highest BCUT2D eigenvalue weighted by Crippen LogP contribution is 1.93. The van der Waals surface area contributed by atoms with Crippen LogP contribution < -0.4 is 5.32 Å². The summed E-state index contributed by atoms with van der Waals surface area (Å²) in [4.78, 5) is 14.7. The van der Waals surface area contributed by atoms with E-state index in [4.69, 9.17) is 4.42 Å². The number of aromatic nitrogens is 1. The number of amides is 1. The van der Waals surface area contributed by atoms with Crippen LogP contribution in [0.3, 0.4) is 0 Å². The largest absolute Gasteiger partial charge is 0.451 e. The van der Waals surface area contributed by atoms with Gasteiger partial charge in [0.25, 0.3) is 0 Å². The minimum absolute atomic E-state index is 0.0681. The van der Waals surface area contributed by atoms with E-state index in [0.717, 1.165) is 12.1 Å². The second-order valence-corrected chi connectivity index (χ2v) is 2.43. The Labute approximate surface area is 71.0 Å². The molecule has 66 valence electrons. The number of nitrogens with zero attached hydrogens (tertiary/aromatic N) is 1. The summed E-state index contributed by atoms with van der Waals surface area (Å²) < 4.78 is 4.77. The fraction of sp³-hybridized carbons (Fsp3) is 0.500. The summed E-state index contributed by atoms with van der Waals surface area (Å²) in [5.41, 5.74) is 0.867. The first kappa shape index (κ1) is 8.77. The van der Waals surface area contributed by atoms with Crippen LogP contribution in [-0.4, -0.2) is 17.4 Å². The Kier molecular flexibility index (Phi) is 3.32. The minimum atomic E-state index is 0.0681. The monoisotopic (exact) mass is 168 g/mol. The highest BCUT2D eigenvalue weighted by molar-refractivity contribution is 5.75. The van der Waals surface area contributed by atoms with Crippen molar-refractivity contribution in [2.45, 2.75) is 19.8 Å². The van der Waals surface area contributed by atoms with Gasteiger partial charge in [0.05, 0.1) is 5.69 Å². The number of carbonyl (C=O) groups excluding carboxylic acids is 1. The van der Waals surface area contributed by atoms with Gasteiger partial charge in [-0.1, -0.05) is 6.92 Å². The van der Waals surface area contributed by atoms with Crippen molar-refractivity contribution >= 4 is 5.91 Å². The molecule has 1 N–H and O–H groups in total. The third kappa shape index (κ3) is 2.74. The molecule has 0 unspecified atom stereocenters. The van der Waals surface area contributed by atoms with E-state index < -0.39 is 0 Å². The standard InChI is InChI=1S/C8H12N2O2/c1-2-8(11)9-4-3-7-5-12-6-10-7/h5-6H,2-4H2,1H3,(H,9,11). The Morgan fingerprint density at radius 1 is 1.75 bits per heavy atom. The fourth-order valence-electron chi connectivity index (χ4n) is 0.816.